The number of esters is 1. The summed E-state index contributed by atoms with van der Waals surface area (Å²) in [6.45, 7) is 1.60. The molecule has 0 rings (SSSR count). The highest BCUT2D eigenvalue weighted by Gasteiger charge is 2.06. The van der Waals surface area contributed by atoms with Gasteiger partial charge >= 0.3 is 5.97 Å². The minimum atomic E-state index is -0.986. The molecule has 27 heavy (non-hydrogen) atoms. The lowest BCUT2D eigenvalue weighted by atomic mass is 10.2. The van der Waals surface area contributed by atoms with Crippen molar-refractivity contribution in [2.24, 2.45) is 0 Å². The van der Waals surface area contributed by atoms with Crippen molar-refractivity contribution in [3.63, 3.8) is 0 Å². The first-order chi connectivity index (χ1) is 13.2. The lowest BCUT2D eigenvalue weighted by Crippen LogP contribution is -2.21. The van der Waals surface area contributed by atoms with Gasteiger partial charge in [-0.15, -0.1) is 0 Å². The average Bonchev–Trinajstić information content (AvgIpc) is 2.68. The average molecular weight is 377 g/mol. The first-order valence-electron chi connectivity index (χ1n) is 9.90. The minimum absolute atomic E-state index is 0.142. The maximum Gasteiger partial charge on any atom is 0.305 e. The smallest absolute Gasteiger partial charge is 0.305 e. The molecule has 0 aromatic carbocycles. The zero-order valence-corrected chi connectivity index (χ0v) is 16.6. The molecule has 1 atom stereocenters. The number of unbranched alkanes of at least 4 members (excludes halogenated alkanes) is 1. The van der Waals surface area contributed by atoms with Gasteiger partial charge in [0, 0.05) is 6.42 Å². The zero-order valence-electron chi connectivity index (χ0n) is 16.6. The van der Waals surface area contributed by atoms with Gasteiger partial charge < -0.3 is 14.9 Å². The number of hydrogen-bond acceptors (Lipinski definition) is 4. The summed E-state index contributed by atoms with van der Waals surface area (Å²) < 4.78 is 4.83. The summed E-state index contributed by atoms with van der Waals surface area (Å²) in [6, 6.07) is 0. The molecule has 1 unspecified atom stereocenters. The fourth-order valence-corrected chi connectivity index (χ4v) is 2.05. The van der Waals surface area contributed by atoms with Crippen LogP contribution in [-0.2, 0) is 9.53 Å². The maximum absolute atomic E-state index is 11.4. The second-order valence-electron chi connectivity index (χ2n) is 6.12. The van der Waals surface area contributed by atoms with Gasteiger partial charge in [0.25, 0.3) is 0 Å². The van der Waals surface area contributed by atoms with Crippen molar-refractivity contribution < 1.29 is 19.7 Å². The van der Waals surface area contributed by atoms with Crippen molar-refractivity contribution in [2.45, 2.75) is 64.4 Å². The van der Waals surface area contributed by atoms with Crippen molar-refractivity contribution in [3.8, 4) is 0 Å². The lowest BCUT2D eigenvalue weighted by Gasteiger charge is -2.07. The molecule has 0 bridgehead atoms. The summed E-state index contributed by atoms with van der Waals surface area (Å²) >= 11 is 0. The normalized spacial score (nSPS) is 13.7. The molecule has 0 aromatic heterocycles. The Bertz CT molecular complexity index is 487. The predicted molar refractivity (Wildman–Crippen MR) is 112 cm³/mol. The van der Waals surface area contributed by atoms with Gasteiger partial charge in [0.2, 0.25) is 0 Å². The Hall–Kier alpha value is -1.91. The van der Waals surface area contributed by atoms with Gasteiger partial charge in [-0.25, -0.2) is 0 Å². The molecule has 0 saturated heterocycles. The number of ether oxygens (including phenoxy) is 1. The minimum Gasteiger partial charge on any atom is -0.463 e. The Morgan fingerprint density at radius 2 is 1.33 bits per heavy atom. The lowest BCUT2D eigenvalue weighted by molar-refractivity contribution is -0.147. The molecular formula is C23H36O4. The standard InChI is InChI=1S/C23H36O4/c1-2-3-4-5-6-7-8-9-10-11-12-13-14-15-16-17-18-19-23(26)27-21-22(25)20-24/h3-4,6-7,9-10,12-13,15-16,22,24-25H,2,5,8,11,14,17-21H2,1H3. The molecule has 4 heteroatoms. The second kappa shape index (κ2) is 20.4. The number of allylic oxidation sites excluding steroid dienone is 10. The second-order valence-corrected chi connectivity index (χ2v) is 6.12. The molecule has 2 N–H and O–H groups in total. The van der Waals surface area contributed by atoms with E-state index < -0.39 is 12.7 Å². The number of aliphatic hydroxyl groups is 2. The van der Waals surface area contributed by atoms with Gasteiger partial charge in [0.1, 0.15) is 12.7 Å². The molecule has 0 saturated carbocycles. The van der Waals surface area contributed by atoms with Crippen LogP contribution in [0.25, 0.3) is 0 Å². The fourth-order valence-electron chi connectivity index (χ4n) is 2.05. The van der Waals surface area contributed by atoms with E-state index in [1.807, 2.05) is 0 Å². The molecule has 0 aliphatic heterocycles. The Morgan fingerprint density at radius 3 is 1.81 bits per heavy atom. The molecule has 0 radical (unpaired) electrons. The largest absolute Gasteiger partial charge is 0.463 e. The molecule has 152 valence electrons. The first kappa shape index (κ1) is 25.1. The molecule has 0 amide bonds. The van der Waals surface area contributed by atoms with Gasteiger partial charge in [0.15, 0.2) is 0 Å². The van der Waals surface area contributed by atoms with Gasteiger partial charge in [-0.05, 0) is 44.9 Å². The van der Waals surface area contributed by atoms with E-state index in [2.05, 4.69) is 67.7 Å². The fraction of sp³-hybridized carbons (Fsp3) is 0.522. The molecule has 0 fully saturated rings. The van der Waals surface area contributed by atoms with Gasteiger partial charge in [-0.3, -0.25) is 4.79 Å². The van der Waals surface area contributed by atoms with E-state index in [-0.39, 0.29) is 12.6 Å². The molecule has 4 nitrogen and oxygen atoms in total. The quantitative estimate of drug-likeness (QED) is 0.231. The van der Waals surface area contributed by atoms with Crippen LogP contribution in [0.5, 0.6) is 0 Å². The highest BCUT2D eigenvalue weighted by atomic mass is 16.5. The van der Waals surface area contributed by atoms with Crippen molar-refractivity contribution in [1.29, 1.82) is 0 Å². The topological polar surface area (TPSA) is 66.8 Å². The molecular weight excluding hydrogens is 340 g/mol. The molecule has 0 spiro atoms. The van der Waals surface area contributed by atoms with Gasteiger partial charge in [-0.1, -0.05) is 67.7 Å². The maximum atomic E-state index is 11.4. The SMILES string of the molecule is CCC=CCC=CCC=CCC=CCC=CCCCC(=O)OCC(O)CO. The van der Waals surface area contributed by atoms with Gasteiger partial charge in [-0.2, -0.15) is 0 Å². The molecule has 0 heterocycles. The monoisotopic (exact) mass is 376 g/mol. The Balaban J connectivity index is 3.53. The van der Waals surface area contributed by atoms with E-state index in [9.17, 15) is 4.79 Å². The predicted octanol–water partition coefficient (Wildman–Crippen LogP) is 4.80. The summed E-state index contributed by atoms with van der Waals surface area (Å²) in [6.07, 6.45) is 27.4. The van der Waals surface area contributed by atoms with Crippen molar-refractivity contribution in [1.82, 2.24) is 0 Å². The van der Waals surface area contributed by atoms with Crippen molar-refractivity contribution in [3.05, 3.63) is 60.8 Å². The molecule has 0 aliphatic rings. The van der Waals surface area contributed by atoms with Crippen LogP contribution in [0.3, 0.4) is 0 Å². The summed E-state index contributed by atoms with van der Waals surface area (Å²) in [5.74, 6) is -0.338. The van der Waals surface area contributed by atoms with Crippen LogP contribution in [0, 0.1) is 0 Å². The van der Waals surface area contributed by atoms with E-state index in [0.29, 0.717) is 6.42 Å². The van der Waals surface area contributed by atoms with Crippen LogP contribution >= 0.6 is 0 Å². The first-order valence-corrected chi connectivity index (χ1v) is 9.90. The van der Waals surface area contributed by atoms with Crippen molar-refractivity contribution in [2.75, 3.05) is 13.2 Å². The third-order valence-electron chi connectivity index (χ3n) is 3.56. The molecule has 0 aromatic rings. The summed E-state index contributed by atoms with van der Waals surface area (Å²) in [5, 5.41) is 17.7. The van der Waals surface area contributed by atoms with Crippen LogP contribution in [0.15, 0.2) is 60.8 Å². The van der Waals surface area contributed by atoms with E-state index in [4.69, 9.17) is 14.9 Å². The highest BCUT2D eigenvalue weighted by molar-refractivity contribution is 5.69. The van der Waals surface area contributed by atoms with E-state index in [0.717, 1.165) is 44.9 Å². The number of carbonyl (C=O) groups is 1. The molecule has 0 aliphatic carbocycles. The van der Waals surface area contributed by atoms with Crippen LogP contribution in [0.2, 0.25) is 0 Å². The van der Waals surface area contributed by atoms with Crippen LogP contribution in [0.4, 0.5) is 0 Å². The van der Waals surface area contributed by atoms with E-state index in [1.165, 1.54) is 0 Å². The Morgan fingerprint density at radius 1 is 0.852 bits per heavy atom. The van der Waals surface area contributed by atoms with Crippen LogP contribution < -0.4 is 0 Å². The Labute approximate surface area is 164 Å². The number of hydrogen-bond donors (Lipinski definition) is 2. The number of rotatable bonds is 16. The third kappa shape index (κ3) is 20.3. The zero-order chi connectivity index (χ0) is 20.0. The summed E-state index contributed by atoms with van der Waals surface area (Å²) in [7, 11) is 0. The van der Waals surface area contributed by atoms with E-state index >= 15 is 0 Å². The summed E-state index contributed by atoms with van der Waals surface area (Å²) in [4.78, 5) is 11.4. The highest BCUT2D eigenvalue weighted by Crippen LogP contribution is 2.01. The van der Waals surface area contributed by atoms with Crippen LogP contribution in [0.1, 0.15) is 58.3 Å². The third-order valence-corrected chi connectivity index (χ3v) is 3.56. The van der Waals surface area contributed by atoms with Crippen LogP contribution in [-0.4, -0.2) is 35.5 Å². The van der Waals surface area contributed by atoms with E-state index in [1.54, 1.807) is 0 Å². The number of carbonyl (C=O) groups excluding carboxylic acids is 1. The number of aliphatic hydroxyl groups excluding tert-OH is 2. The van der Waals surface area contributed by atoms with Gasteiger partial charge in [0.05, 0.1) is 6.61 Å². The summed E-state index contributed by atoms with van der Waals surface area (Å²) in [5.41, 5.74) is 0. The van der Waals surface area contributed by atoms with Crippen molar-refractivity contribution >= 4 is 5.97 Å². The Kier molecular flexibility index (Phi) is 19.0.